The molecule has 2 aromatic heterocycles. The number of pyridine rings is 1. The molecule has 0 bridgehead atoms. The van der Waals surface area contributed by atoms with Gasteiger partial charge in [-0.3, -0.25) is 9.59 Å². The second-order valence-corrected chi connectivity index (χ2v) is 6.22. The molecule has 0 saturated heterocycles. The first kappa shape index (κ1) is 16.7. The zero-order valence-electron chi connectivity index (χ0n) is 14.7. The largest absolute Gasteiger partial charge is 0.326 e. The molecule has 0 aliphatic rings. The van der Waals surface area contributed by atoms with Crippen molar-refractivity contribution in [2.45, 2.75) is 27.7 Å². The van der Waals surface area contributed by atoms with Crippen LogP contribution in [0.5, 0.6) is 0 Å². The van der Waals surface area contributed by atoms with E-state index in [2.05, 4.69) is 27.5 Å². The molecule has 0 aliphatic heterocycles. The number of aromatic nitrogens is 3. The third-order valence-corrected chi connectivity index (χ3v) is 4.09. The zero-order chi connectivity index (χ0) is 18.1. The minimum Gasteiger partial charge on any atom is -0.326 e. The van der Waals surface area contributed by atoms with Crippen LogP contribution in [0, 0.1) is 27.7 Å². The molecule has 2 heterocycles. The summed E-state index contributed by atoms with van der Waals surface area (Å²) in [5.41, 5.74) is 5.31. The van der Waals surface area contributed by atoms with Crippen LogP contribution in [-0.2, 0) is 0 Å². The van der Waals surface area contributed by atoms with E-state index in [1.165, 1.54) is 6.07 Å². The maximum Gasteiger partial charge on any atom is 0.256 e. The lowest BCUT2D eigenvalue weighted by atomic mass is 10.1. The second-order valence-electron chi connectivity index (χ2n) is 6.22. The smallest absolute Gasteiger partial charge is 0.256 e. The third-order valence-electron chi connectivity index (χ3n) is 4.09. The molecule has 3 rings (SSSR count). The van der Waals surface area contributed by atoms with Crippen LogP contribution in [0.3, 0.4) is 0 Å². The molecular weight excluding hydrogens is 316 g/mol. The highest BCUT2D eigenvalue weighted by Gasteiger charge is 2.14. The van der Waals surface area contributed by atoms with Crippen LogP contribution in [0.15, 0.2) is 41.3 Å². The normalized spacial score (nSPS) is 10.7. The van der Waals surface area contributed by atoms with Crippen molar-refractivity contribution in [3.05, 3.63) is 75.0 Å². The fourth-order valence-electron chi connectivity index (χ4n) is 2.73. The molecule has 0 atom stereocenters. The molecule has 0 saturated carbocycles. The van der Waals surface area contributed by atoms with Gasteiger partial charge in [-0.25, -0.2) is 4.68 Å². The number of nitrogens with one attached hydrogen (secondary N) is 2. The summed E-state index contributed by atoms with van der Waals surface area (Å²) in [6, 6.07) is 9.08. The molecule has 0 spiro atoms. The van der Waals surface area contributed by atoms with Crippen molar-refractivity contribution in [1.29, 1.82) is 0 Å². The van der Waals surface area contributed by atoms with E-state index in [-0.39, 0.29) is 11.5 Å². The number of hydrogen-bond donors (Lipinski definition) is 2. The predicted molar refractivity (Wildman–Crippen MR) is 97.5 cm³/mol. The van der Waals surface area contributed by atoms with Gasteiger partial charge >= 0.3 is 0 Å². The molecule has 0 unspecified atom stereocenters. The van der Waals surface area contributed by atoms with E-state index in [9.17, 15) is 9.59 Å². The van der Waals surface area contributed by atoms with Crippen molar-refractivity contribution < 1.29 is 4.79 Å². The summed E-state index contributed by atoms with van der Waals surface area (Å²) in [5.74, 6) is -0.335. The van der Waals surface area contributed by atoms with Crippen LogP contribution < -0.4 is 10.9 Å². The molecule has 0 aliphatic carbocycles. The van der Waals surface area contributed by atoms with E-state index in [4.69, 9.17) is 0 Å². The van der Waals surface area contributed by atoms with Gasteiger partial charge in [0.2, 0.25) is 5.56 Å². The number of amides is 1. The van der Waals surface area contributed by atoms with Crippen LogP contribution >= 0.6 is 0 Å². The Hall–Kier alpha value is -3.15. The second kappa shape index (κ2) is 6.39. The fourth-order valence-corrected chi connectivity index (χ4v) is 2.73. The molecule has 0 fully saturated rings. The van der Waals surface area contributed by atoms with Crippen molar-refractivity contribution in [2.75, 3.05) is 5.32 Å². The number of carbonyl (C=O) groups excluding carboxylic acids is 1. The highest BCUT2D eigenvalue weighted by molar-refractivity contribution is 6.04. The maximum absolute atomic E-state index is 12.4. The van der Waals surface area contributed by atoms with Crippen molar-refractivity contribution in [3.63, 3.8) is 0 Å². The Morgan fingerprint density at radius 3 is 2.60 bits per heavy atom. The summed E-state index contributed by atoms with van der Waals surface area (Å²) in [6.45, 7) is 7.68. The molecule has 0 radical (unpaired) electrons. The minimum atomic E-state index is -0.335. The van der Waals surface area contributed by atoms with Crippen molar-refractivity contribution in [2.24, 2.45) is 0 Å². The van der Waals surface area contributed by atoms with Gasteiger partial charge in [0.05, 0.1) is 23.3 Å². The number of hydrogen-bond acceptors (Lipinski definition) is 3. The number of benzene rings is 1. The quantitative estimate of drug-likeness (QED) is 0.771. The average Bonchev–Trinajstić information content (AvgIpc) is 2.89. The molecule has 1 aromatic carbocycles. The number of H-pyrrole nitrogens is 1. The van der Waals surface area contributed by atoms with Gasteiger partial charge in [-0.05, 0) is 51.0 Å². The predicted octanol–water partition coefficient (Wildman–Crippen LogP) is 3.05. The Morgan fingerprint density at radius 2 is 1.88 bits per heavy atom. The van der Waals surface area contributed by atoms with Crippen LogP contribution in [0.25, 0.3) is 5.69 Å². The lowest BCUT2D eigenvalue weighted by molar-refractivity contribution is 0.102. The van der Waals surface area contributed by atoms with Crippen molar-refractivity contribution in [1.82, 2.24) is 14.8 Å². The molecule has 1 amide bonds. The third kappa shape index (κ3) is 3.38. The van der Waals surface area contributed by atoms with Gasteiger partial charge in [-0.15, -0.1) is 0 Å². The first-order valence-corrected chi connectivity index (χ1v) is 8.00. The van der Waals surface area contributed by atoms with Crippen molar-refractivity contribution in [3.8, 4) is 5.69 Å². The number of aromatic amines is 1. The molecule has 128 valence electrons. The SMILES string of the molecule is Cc1ccc(C)c(-n2ncc(NC(=O)c3cc(C)[nH]c(=O)c3)c2C)c1. The lowest BCUT2D eigenvalue weighted by Gasteiger charge is -2.10. The van der Waals surface area contributed by atoms with Crippen LogP contribution in [0.1, 0.15) is 32.9 Å². The van der Waals surface area contributed by atoms with Gasteiger partial charge < -0.3 is 10.3 Å². The topological polar surface area (TPSA) is 79.8 Å². The number of carbonyl (C=O) groups is 1. The molecule has 6 nitrogen and oxygen atoms in total. The lowest BCUT2D eigenvalue weighted by Crippen LogP contribution is -2.17. The van der Waals surface area contributed by atoms with E-state index in [0.717, 1.165) is 22.5 Å². The molecular formula is C19H20N4O2. The number of rotatable bonds is 3. The molecule has 25 heavy (non-hydrogen) atoms. The van der Waals surface area contributed by atoms with Crippen LogP contribution in [0.2, 0.25) is 0 Å². The van der Waals surface area contributed by atoms with Gasteiger partial charge in [-0.1, -0.05) is 12.1 Å². The number of aryl methyl sites for hydroxylation is 3. The molecule has 3 aromatic rings. The minimum absolute atomic E-state index is 0.298. The van der Waals surface area contributed by atoms with Crippen LogP contribution in [0.4, 0.5) is 5.69 Å². The summed E-state index contributed by atoms with van der Waals surface area (Å²) in [7, 11) is 0. The Kier molecular flexibility index (Phi) is 4.27. The Balaban J connectivity index is 1.92. The number of anilines is 1. The van der Waals surface area contributed by atoms with E-state index in [1.54, 1.807) is 23.9 Å². The summed E-state index contributed by atoms with van der Waals surface area (Å²) >= 11 is 0. The van der Waals surface area contributed by atoms with Gasteiger partial charge in [0.25, 0.3) is 5.91 Å². The number of nitrogens with zero attached hydrogens (tertiary/aromatic N) is 2. The average molecular weight is 336 g/mol. The summed E-state index contributed by atoms with van der Waals surface area (Å²) in [6.07, 6.45) is 1.62. The first-order valence-electron chi connectivity index (χ1n) is 8.00. The van der Waals surface area contributed by atoms with Gasteiger partial charge in [0.15, 0.2) is 0 Å². The monoisotopic (exact) mass is 336 g/mol. The Morgan fingerprint density at radius 1 is 1.12 bits per heavy atom. The van der Waals surface area contributed by atoms with Gasteiger partial charge in [0, 0.05) is 17.3 Å². The molecule has 6 heteroatoms. The van der Waals surface area contributed by atoms with E-state index in [0.29, 0.717) is 16.9 Å². The standard InChI is InChI=1S/C19H20N4O2/c1-11-5-6-12(2)17(7-11)23-14(4)16(10-20-23)22-19(25)15-8-13(3)21-18(24)9-15/h5-10H,1-4H3,(H,21,24)(H,22,25). The summed E-state index contributed by atoms with van der Waals surface area (Å²) in [5, 5.41) is 7.23. The van der Waals surface area contributed by atoms with Gasteiger partial charge in [-0.2, -0.15) is 5.10 Å². The fraction of sp³-hybridized carbons (Fsp3) is 0.211. The summed E-state index contributed by atoms with van der Waals surface area (Å²) < 4.78 is 1.81. The van der Waals surface area contributed by atoms with E-state index >= 15 is 0 Å². The maximum atomic E-state index is 12.4. The van der Waals surface area contributed by atoms with Crippen LogP contribution in [-0.4, -0.2) is 20.7 Å². The Bertz CT molecular complexity index is 1010. The Labute approximate surface area is 145 Å². The van der Waals surface area contributed by atoms with E-state index in [1.807, 2.05) is 26.8 Å². The highest BCUT2D eigenvalue weighted by atomic mass is 16.2. The molecule has 2 N–H and O–H groups in total. The zero-order valence-corrected chi connectivity index (χ0v) is 14.7. The summed E-state index contributed by atoms with van der Waals surface area (Å²) in [4.78, 5) is 26.6. The first-order chi connectivity index (χ1) is 11.8. The van der Waals surface area contributed by atoms with Gasteiger partial charge in [0.1, 0.15) is 0 Å². The van der Waals surface area contributed by atoms with E-state index < -0.39 is 0 Å². The highest BCUT2D eigenvalue weighted by Crippen LogP contribution is 2.22. The van der Waals surface area contributed by atoms with Crippen molar-refractivity contribution >= 4 is 11.6 Å².